The van der Waals surface area contributed by atoms with E-state index in [1.165, 1.54) is 17.0 Å². The van der Waals surface area contributed by atoms with Gasteiger partial charge in [0.25, 0.3) is 0 Å². The van der Waals surface area contributed by atoms with Gasteiger partial charge in [-0.2, -0.15) is 0 Å². The molecule has 18 heavy (non-hydrogen) atoms. The van der Waals surface area contributed by atoms with Crippen LogP contribution in [0.1, 0.15) is 10.4 Å². The van der Waals surface area contributed by atoms with Gasteiger partial charge >= 0.3 is 0 Å². The van der Waals surface area contributed by atoms with E-state index in [9.17, 15) is 9.18 Å². The fourth-order valence-corrected chi connectivity index (χ4v) is 2.38. The second-order valence-electron chi connectivity index (χ2n) is 3.99. The average Bonchev–Trinajstić information content (AvgIpc) is 2.82. The van der Waals surface area contributed by atoms with Crippen molar-refractivity contribution in [3.8, 4) is 0 Å². The van der Waals surface area contributed by atoms with Gasteiger partial charge in [0.2, 0.25) is 5.91 Å². The molecule has 0 radical (unpaired) electrons. The quantitative estimate of drug-likeness (QED) is 0.883. The highest BCUT2D eigenvalue weighted by molar-refractivity contribution is 7.09. The Morgan fingerprint density at radius 2 is 2.17 bits per heavy atom. The second-order valence-corrected chi connectivity index (χ2v) is 5.02. The van der Waals surface area contributed by atoms with E-state index in [0.29, 0.717) is 12.1 Å². The van der Waals surface area contributed by atoms with Gasteiger partial charge in [0.1, 0.15) is 5.82 Å². The maximum Gasteiger partial charge on any atom is 0.224 e. The van der Waals surface area contributed by atoms with Gasteiger partial charge in [-0.05, 0) is 35.6 Å². The molecule has 1 amide bonds. The average molecular weight is 263 g/mol. The summed E-state index contributed by atoms with van der Waals surface area (Å²) in [5.41, 5.74) is 0.698. The molecule has 2 aromatic rings. The molecule has 0 aliphatic carbocycles. The first-order valence-electron chi connectivity index (χ1n) is 5.77. The molecule has 0 saturated heterocycles. The first-order chi connectivity index (χ1) is 8.74. The molecule has 0 saturated carbocycles. The van der Waals surface area contributed by atoms with Crippen molar-refractivity contribution < 1.29 is 9.18 Å². The third-order valence-corrected chi connectivity index (χ3v) is 3.46. The second kappa shape index (κ2) is 6.31. The number of halogens is 1. The van der Waals surface area contributed by atoms with Crippen LogP contribution in [0.5, 0.6) is 0 Å². The van der Waals surface area contributed by atoms with Crippen LogP contribution < -0.4 is 5.32 Å². The topological polar surface area (TPSA) is 29.1 Å². The Bertz CT molecular complexity index is 510. The van der Waals surface area contributed by atoms with Gasteiger partial charge in [-0.15, -0.1) is 11.3 Å². The number of carbonyl (C=O) groups is 1. The SMILES string of the molecule is O=C(Cc1cccc(F)c1)NCCc1cccs1. The summed E-state index contributed by atoms with van der Waals surface area (Å²) in [6.45, 7) is 0.620. The molecule has 0 unspecified atom stereocenters. The number of thiophene rings is 1. The Kier molecular flexibility index (Phi) is 4.47. The number of nitrogens with one attached hydrogen (secondary N) is 1. The summed E-state index contributed by atoms with van der Waals surface area (Å²) >= 11 is 1.68. The highest BCUT2D eigenvalue weighted by Gasteiger charge is 2.04. The lowest BCUT2D eigenvalue weighted by Crippen LogP contribution is -2.27. The predicted molar refractivity (Wildman–Crippen MR) is 71.1 cm³/mol. The van der Waals surface area contributed by atoms with Gasteiger partial charge in [0, 0.05) is 11.4 Å². The van der Waals surface area contributed by atoms with Gasteiger partial charge in [0.15, 0.2) is 0 Å². The monoisotopic (exact) mass is 263 g/mol. The Hall–Kier alpha value is -1.68. The Balaban J connectivity index is 1.75. The Morgan fingerprint density at radius 1 is 1.28 bits per heavy atom. The molecule has 0 atom stereocenters. The maximum absolute atomic E-state index is 12.9. The molecule has 0 spiro atoms. The predicted octanol–water partition coefficient (Wildman–Crippen LogP) is 2.79. The molecule has 4 heteroatoms. The number of hydrogen-bond acceptors (Lipinski definition) is 2. The molecule has 0 aliphatic heterocycles. The molecule has 2 nitrogen and oxygen atoms in total. The lowest BCUT2D eigenvalue weighted by molar-refractivity contribution is -0.120. The van der Waals surface area contributed by atoms with E-state index in [-0.39, 0.29) is 18.1 Å². The number of rotatable bonds is 5. The van der Waals surface area contributed by atoms with Crippen LogP contribution in [0.25, 0.3) is 0 Å². The first-order valence-corrected chi connectivity index (χ1v) is 6.65. The molecule has 1 aromatic heterocycles. The molecule has 0 fully saturated rings. The Morgan fingerprint density at radius 3 is 2.89 bits per heavy atom. The van der Waals surface area contributed by atoms with Crippen LogP contribution >= 0.6 is 11.3 Å². The van der Waals surface area contributed by atoms with Crippen molar-refractivity contribution in [1.29, 1.82) is 0 Å². The maximum atomic E-state index is 12.9. The van der Waals surface area contributed by atoms with Crippen LogP contribution in [0.15, 0.2) is 41.8 Å². The van der Waals surface area contributed by atoms with E-state index in [1.54, 1.807) is 23.5 Å². The van der Waals surface area contributed by atoms with Gasteiger partial charge < -0.3 is 5.32 Å². The van der Waals surface area contributed by atoms with Gasteiger partial charge in [-0.3, -0.25) is 4.79 Å². The summed E-state index contributed by atoms with van der Waals surface area (Å²) in [6, 6.07) is 10.2. The normalized spacial score (nSPS) is 10.3. The summed E-state index contributed by atoms with van der Waals surface area (Å²) in [6.07, 6.45) is 1.06. The first kappa shape index (κ1) is 12.8. The van der Waals surface area contributed by atoms with Crippen molar-refractivity contribution in [2.24, 2.45) is 0 Å². The summed E-state index contributed by atoms with van der Waals surface area (Å²) in [5.74, 6) is -0.379. The van der Waals surface area contributed by atoms with Crippen molar-refractivity contribution >= 4 is 17.2 Å². The van der Waals surface area contributed by atoms with E-state index in [0.717, 1.165) is 6.42 Å². The van der Waals surface area contributed by atoms with Crippen molar-refractivity contribution in [1.82, 2.24) is 5.32 Å². The molecule has 2 rings (SSSR count). The summed E-state index contributed by atoms with van der Waals surface area (Å²) in [4.78, 5) is 12.9. The largest absolute Gasteiger partial charge is 0.355 e. The number of hydrogen-bond donors (Lipinski definition) is 1. The Labute approximate surface area is 109 Å². The van der Waals surface area contributed by atoms with Crippen molar-refractivity contribution in [2.75, 3.05) is 6.54 Å². The van der Waals surface area contributed by atoms with Gasteiger partial charge in [0.05, 0.1) is 6.42 Å². The number of amides is 1. The van der Waals surface area contributed by atoms with E-state index < -0.39 is 0 Å². The molecule has 1 aromatic carbocycles. The van der Waals surface area contributed by atoms with Crippen molar-refractivity contribution in [3.63, 3.8) is 0 Å². The lowest BCUT2D eigenvalue weighted by Gasteiger charge is -2.04. The molecule has 1 heterocycles. The third kappa shape index (κ3) is 3.96. The minimum absolute atomic E-state index is 0.0721. The molecule has 0 aliphatic rings. The zero-order chi connectivity index (χ0) is 12.8. The molecular weight excluding hydrogens is 249 g/mol. The fraction of sp³-hybridized carbons (Fsp3) is 0.214. The smallest absolute Gasteiger partial charge is 0.224 e. The minimum atomic E-state index is -0.307. The van der Waals surface area contributed by atoms with Crippen molar-refractivity contribution in [2.45, 2.75) is 12.8 Å². The molecule has 0 bridgehead atoms. The number of benzene rings is 1. The molecule has 94 valence electrons. The third-order valence-electron chi connectivity index (χ3n) is 2.53. The van der Waals surface area contributed by atoms with Crippen LogP contribution in [0.3, 0.4) is 0 Å². The zero-order valence-electron chi connectivity index (χ0n) is 9.86. The van der Waals surface area contributed by atoms with Crippen LogP contribution in [0.4, 0.5) is 4.39 Å². The fourth-order valence-electron chi connectivity index (χ4n) is 1.67. The van der Waals surface area contributed by atoms with Crippen molar-refractivity contribution in [3.05, 3.63) is 58.0 Å². The van der Waals surface area contributed by atoms with Crippen LogP contribution in [-0.2, 0) is 17.6 Å². The zero-order valence-corrected chi connectivity index (χ0v) is 10.7. The highest BCUT2D eigenvalue weighted by Crippen LogP contribution is 2.08. The van der Waals surface area contributed by atoms with Gasteiger partial charge in [-0.25, -0.2) is 4.39 Å². The summed E-state index contributed by atoms with van der Waals surface area (Å²) < 4.78 is 12.9. The highest BCUT2D eigenvalue weighted by atomic mass is 32.1. The standard InChI is InChI=1S/C14H14FNOS/c15-12-4-1-3-11(9-12)10-14(17)16-7-6-13-5-2-8-18-13/h1-5,8-9H,6-7,10H2,(H,16,17). The van der Waals surface area contributed by atoms with Crippen LogP contribution in [0.2, 0.25) is 0 Å². The molecular formula is C14H14FNOS. The van der Waals surface area contributed by atoms with Gasteiger partial charge in [-0.1, -0.05) is 18.2 Å². The lowest BCUT2D eigenvalue weighted by atomic mass is 10.1. The summed E-state index contributed by atoms with van der Waals surface area (Å²) in [7, 11) is 0. The van der Waals surface area contributed by atoms with E-state index in [2.05, 4.69) is 5.32 Å². The van der Waals surface area contributed by atoms with E-state index >= 15 is 0 Å². The molecule has 1 N–H and O–H groups in total. The number of carbonyl (C=O) groups excluding carboxylic acids is 1. The minimum Gasteiger partial charge on any atom is -0.355 e. The van der Waals surface area contributed by atoms with E-state index in [1.807, 2.05) is 17.5 Å². The van der Waals surface area contributed by atoms with E-state index in [4.69, 9.17) is 0 Å². The van der Waals surface area contributed by atoms with Crippen LogP contribution in [0, 0.1) is 5.82 Å². The summed E-state index contributed by atoms with van der Waals surface area (Å²) in [5, 5.41) is 4.85. The van der Waals surface area contributed by atoms with Crippen LogP contribution in [-0.4, -0.2) is 12.5 Å².